The molecule has 12 N–H and O–H groups in total. The van der Waals surface area contributed by atoms with Crippen molar-refractivity contribution in [1.29, 1.82) is 0 Å². The van der Waals surface area contributed by atoms with E-state index in [2.05, 4.69) is 36.6 Å². The second-order valence-corrected chi connectivity index (χ2v) is 18.0. The van der Waals surface area contributed by atoms with Crippen molar-refractivity contribution in [1.82, 2.24) is 36.5 Å². The van der Waals surface area contributed by atoms with Crippen molar-refractivity contribution >= 4 is 68.9 Å². The van der Waals surface area contributed by atoms with Gasteiger partial charge in [-0.3, -0.25) is 38.6 Å². The average Bonchev–Trinajstić information content (AvgIpc) is 4.02. The molecule has 2 aliphatic heterocycles. The number of H-pyrrole nitrogens is 1. The van der Waals surface area contributed by atoms with Crippen LogP contribution in [-0.4, -0.2) is 113 Å². The number of primary amides is 1. The molecule has 1 fully saturated rings. The highest BCUT2D eigenvalue weighted by Crippen LogP contribution is 2.25. The Morgan fingerprint density at radius 2 is 1.33 bits per heavy atom. The summed E-state index contributed by atoms with van der Waals surface area (Å²) in [6, 6.07) is 21.7. The van der Waals surface area contributed by atoms with Gasteiger partial charge in [-0.25, -0.2) is 0 Å². The Kier molecular flexibility index (Phi) is 17.3. The van der Waals surface area contributed by atoms with E-state index in [1.807, 2.05) is 66.7 Å². The van der Waals surface area contributed by atoms with Crippen molar-refractivity contribution < 1.29 is 33.6 Å². The molecule has 5 aromatic rings. The van der Waals surface area contributed by atoms with Gasteiger partial charge < -0.3 is 53.7 Å². The molecule has 18 nitrogen and oxygen atoms in total. The highest BCUT2D eigenvalue weighted by molar-refractivity contribution is 6.09. The van der Waals surface area contributed by atoms with Crippen molar-refractivity contribution in [3.05, 3.63) is 119 Å². The number of para-hydroxylation sites is 1. The van der Waals surface area contributed by atoms with Crippen LogP contribution in [0.15, 0.2) is 102 Å². The van der Waals surface area contributed by atoms with Crippen LogP contribution < -0.4 is 43.8 Å². The number of nitrogens with two attached hydrogens (primary N) is 3. The first-order valence-electron chi connectivity index (χ1n) is 24.1. The van der Waals surface area contributed by atoms with E-state index in [1.165, 1.54) is 4.90 Å². The van der Waals surface area contributed by atoms with E-state index in [0.717, 1.165) is 21.7 Å². The third-order valence-corrected chi connectivity index (χ3v) is 13.0. The number of carbonyl (C=O) groups excluding carboxylic acids is 7. The van der Waals surface area contributed by atoms with Crippen molar-refractivity contribution in [2.75, 3.05) is 26.2 Å². The molecule has 7 rings (SSSR count). The number of rotatable bonds is 9. The van der Waals surface area contributed by atoms with Crippen LogP contribution in [0.3, 0.4) is 0 Å². The molecular formula is C52H63N11O7. The minimum Gasteiger partial charge on any atom is -0.370 e. The fourth-order valence-corrected chi connectivity index (χ4v) is 9.27. The Hall–Kier alpha value is -7.60. The quantitative estimate of drug-likeness (QED) is 0.0592. The summed E-state index contributed by atoms with van der Waals surface area (Å²) in [7, 11) is 0. The molecule has 1 saturated heterocycles. The van der Waals surface area contributed by atoms with Gasteiger partial charge in [-0.2, -0.15) is 0 Å². The fraction of sp³-hybridized carbons (Fsp3) is 0.385. The van der Waals surface area contributed by atoms with E-state index in [4.69, 9.17) is 17.2 Å². The third-order valence-electron chi connectivity index (χ3n) is 13.0. The Labute approximate surface area is 406 Å². The lowest BCUT2D eigenvalue weighted by atomic mass is 9.98. The van der Waals surface area contributed by atoms with Crippen LogP contribution in [0.4, 0.5) is 0 Å². The summed E-state index contributed by atoms with van der Waals surface area (Å²) >= 11 is 0. The van der Waals surface area contributed by atoms with Crippen LogP contribution in [-0.2, 0) is 36.8 Å². The Bertz CT molecular complexity index is 2730. The highest BCUT2D eigenvalue weighted by Gasteiger charge is 2.38. The average molecular weight is 954 g/mol. The van der Waals surface area contributed by atoms with Crippen molar-refractivity contribution in [2.24, 2.45) is 22.2 Å². The molecule has 0 aliphatic carbocycles. The molecule has 0 radical (unpaired) electrons. The van der Waals surface area contributed by atoms with Crippen molar-refractivity contribution in [2.45, 2.75) is 101 Å². The fourth-order valence-electron chi connectivity index (χ4n) is 9.27. The lowest BCUT2D eigenvalue weighted by Crippen LogP contribution is -2.59. The molecule has 0 saturated carbocycles. The van der Waals surface area contributed by atoms with Crippen LogP contribution in [0.1, 0.15) is 89.6 Å². The van der Waals surface area contributed by atoms with Gasteiger partial charge in [-0.05, 0) is 98.5 Å². The normalized spacial score (nSPS) is 21.8. The molecule has 70 heavy (non-hydrogen) atoms. The van der Waals surface area contributed by atoms with Gasteiger partial charge in [0.2, 0.25) is 29.5 Å². The van der Waals surface area contributed by atoms with Gasteiger partial charge in [0, 0.05) is 55.0 Å². The predicted molar refractivity (Wildman–Crippen MR) is 267 cm³/mol. The van der Waals surface area contributed by atoms with Crippen LogP contribution in [0.25, 0.3) is 21.7 Å². The first-order chi connectivity index (χ1) is 33.9. The van der Waals surface area contributed by atoms with Gasteiger partial charge in [-0.1, -0.05) is 78.9 Å². The maximum atomic E-state index is 14.8. The molecule has 6 amide bonds. The minimum atomic E-state index is -1.27. The van der Waals surface area contributed by atoms with Gasteiger partial charge in [0.05, 0.1) is 5.56 Å². The first-order valence-corrected chi connectivity index (χ1v) is 24.1. The summed E-state index contributed by atoms with van der Waals surface area (Å²) in [5.74, 6) is -4.21. The van der Waals surface area contributed by atoms with E-state index in [0.29, 0.717) is 56.3 Å². The number of nitrogens with zero attached hydrogens (tertiary/aromatic N) is 2. The molecular weight excluding hydrogens is 891 g/mol. The zero-order valence-corrected chi connectivity index (χ0v) is 39.2. The molecule has 3 heterocycles. The smallest absolute Gasteiger partial charge is 0.255 e. The monoisotopic (exact) mass is 953 g/mol. The number of guanidine groups is 1. The number of nitrogens with one attached hydrogen (secondary N) is 6. The molecule has 1 aromatic heterocycles. The molecule has 368 valence electrons. The molecule has 5 unspecified atom stereocenters. The molecule has 5 atom stereocenters. The Balaban J connectivity index is 1.23. The van der Waals surface area contributed by atoms with E-state index in [1.54, 1.807) is 30.5 Å². The van der Waals surface area contributed by atoms with E-state index >= 15 is 0 Å². The number of aliphatic imine (C=N–C) groups is 1. The number of aromatic amines is 1. The number of carbonyl (C=O) groups is 7. The number of aromatic nitrogens is 1. The van der Waals surface area contributed by atoms with Crippen LogP contribution in [0, 0.1) is 0 Å². The van der Waals surface area contributed by atoms with Crippen molar-refractivity contribution in [3.8, 4) is 0 Å². The summed E-state index contributed by atoms with van der Waals surface area (Å²) in [6.45, 7) is 1.47. The van der Waals surface area contributed by atoms with Crippen LogP contribution in [0.5, 0.6) is 0 Å². The standard InChI is InChI=1S/C52H63N11O7/c53-46(65)40-18-7-8-24-56-25-10-21-45(64)37-15-3-4-16-38(37)51(70)63-27-11-20-44(63)50(69)62-42(29-32-22-23-33-12-1-2-13-34(33)28-32)48(67)60-41(19-9-26-57-52(54)55)47(66)61-43(49(68)59-40)30-35-31-58-39-17-6-5-14-36(35)39/h1-6,12-17,22-23,28,31,40-44,56,58H,7-11,18-21,24-27,29-30H2,(H2,53,65)(H,59,68)(H,60,67)(H,61,66)(H,62,69)(H4,54,55,57). The second-order valence-electron chi connectivity index (χ2n) is 18.0. The number of hydrogen-bond donors (Lipinski definition) is 9. The molecule has 2 aliphatic rings. The SMILES string of the molecule is NC(=O)C1CCCCNCCCC(=O)c2ccccc2C(=O)N2CCCC2C(=O)NC(Cc2ccc3ccccc3c2)C(=O)NC(CCCN=C(N)N)C(=O)NC(Cc2c[nH]c3ccccc23)C(=O)N1. The predicted octanol–water partition coefficient (Wildman–Crippen LogP) is 2.63. The van der Waals surface area contributed by atoms with E-state index in [-0.39, 0.29) is 74.5 Å². The summed E-state index contributed by atoms with van der Waals surface area (Å²) in [4.78, 5) is 108. The molecule has 0 spiro atoms. The maximum Gasteiger partial charge on any atom is 0.255 e. The van der Waals surface area contributed by atoms with Gasteiger partial charge >= 0.3 is 0 Å². The van der Waals surface area contributed by atoms with E-state index < -0.39 is 65.7 Å². The van der Waals surface area contributed by atoms with Crippen molar-refractivity contribution in [3.63, 3.8) is 0 Å². The lowest BCUT2D eigenvalue weighted by molar-refractivity contribution is -0.135. The van der Waals surface area contributed by atoms with Gasteiger partial charge in [0.25, 0.3) is 5.91 Å². The number of benzene rings is 4. The number of fused-ring (bicyclic) bond motifs is 4. The summed E-state index contributed by atoms with van der Waals surface area (Å²) < 4.78 is 0. The number of hydrogen-bond acceptors (Lipinski definition) is 9. The summed E-state index contributed by atoms with van der Waals surface area (Å²) in [5, 5.41) is 17.5. The number of Topliss-reactive ketones (excluding diaryl/α,β-unsaturated/α-hetero) is 1. The topological polar surface area (TPSA) is 289 Å². The molecule has 4 aromatic carbocycles. The number of ketones is 1. The zero-order chi connectivity index (χ0) is 49.6. The largest absolute Gasteiger partial charge is 0.370 e. The maximum absolute atomic E-state index is 14.8. The zero-order valence-electron chi connectivity index (χ0n) is 39.2. The molecule has 0 bridgehead atoms. The lowest BCUT2D eigenvalue weighted by Gasteiger charge is -2.28. The van der Waals surface area contributed by atoms with Gasteiger partial charge in [0.1, 0.15) is 30.2 Å². The van der Waals surface area contributed by atoms with Crippen LogP contribution >= 0.6 is 0 Å². The Morgan fingerprint density at radius 1 is 0.657 bits per heavy atom. The first kappa shape index (κ1) is 50.3. The Morgan fingerprint density at radius 3 is 2.13 bits per heavy atom. The van der Waals surface area contributed by atoms with Gasteiger partial charge in [-0.15, -0.1) is 0 Å². The number of amides is 6. The van der Waals surface area contributed by atoms with E-state index in [9.17, 15) is 33.6 Å². The molecule has 18 heteroatoms. The minimum absolute atomic E-state index is 0.00981. The third kappa shape index (κ3) is 13.1. The summed E-state index contributed by atoms with van der Waals surface area (Å²) in [5.41, 5.74) is 19.8. The van der Waals surface area contributed by atoms with Crippen LogP contribution in [0.2, 0.25) is 0 Å². The summed E-state index contributed by atoms with van der Waals surface area (Å²) in [6.07, 6.45) is 4.91. The second kappa shape index (κ2) is 24.1. The highest BCUT2D eigenvalue weighted by atomic mass is 16.2. The van der Waals surface area contributed by atoms with Gasteiger partial charge in [0.15, 0.2) is 11.7 Å².